The summed E-state index contributed by atoms with van der Waals surface area (Å²) in [5, 5.41) is 2.97. The summed E-state index contributed by atoms with van der Waals surface area (Å²) in [5.41, 5.74) is 5.12. The Balaban J connectivity index is 1.25. The zero-order valence-corrected chi connectivity index (χ0v) is 16.2. The van der Waals surface area contributed by atoms with Crippen molar-refractivity contribution in [2.75, 3.05) is 38.0 Å². The van der Waals surface area contributed by atoms with Crippen LogP contribution in [-0.2, 0) is 11.3 Å². The van der Waals surface area contributed by atoms with Crippen molar-refractivity contribution in [1.29, 1.82) is 0 Å². The SMILES string of the molecule is Cc1cccc(CN2CCN(CC(=O)Nc3ccc4nsnc4c3)CC2)c1. The zero-order chi connectivity index (χ0) is 18.6. The summed E-state index contributed by atoms with van der Waals surface area (Å²) < 4.78 is 8.39. The van der Waals surface area contributed by atoms with Crippen LogP contribution in [0.1, 0.15) is 11.1 Å². The van der Waals surface area contributed by atoms with Gasteiger partial charge in [0.25, 0.3) is 0 Å². The molecule has 0 radical (unpaired) electrons. The van der Waals surface area contributed by atoms with Gasteiger partial charge in [0.2, 0.25) is 5.91 Å². The molecule has 6 nitrogen and oxygen atoms in total. The molecule has 140 valence electrons. The smallest absolute Gasteiger partial charge is 0.238 e. The van der Waals surface area contributed by atoms with Gasteiger partial charge in [0.15, 0.2) is 0 Å². The number of benzene rings is 2. The number of carbonyl (C=O) groups is 1. The first-order valence-corrected chi connectivity index (χ1v) is 9.91. The number of aryl methyl sites for hydroxylation is 1. The van der Waals surface area contributed by atoms with E-state index in [1.807, 2.05) is 18.2 Å². The fourth-order valence-corrected chi connectivity index (χ4v) is 3.96. The quantitative estimate of drug-likeness (QED) is 0.736. The fraction of sp³-hybridized carbons (Fsp3) is 0.350. The van der Waals surface area contributed by atoms with E-state index in [-0.39, 0.29) is 5.91 Å². The minimum Gasteiger partial charge on any atom is -0.325 e. The largest absolute Gasteiger partial charge is 0.325 e. The minimum absolute atomic E-state index is 0.0182. The van der Waals surface area contributed by atoms with Gasteiger partial charge in [-0.05, 0) is 30.7 Å². The number of hydrogen-bond donors (Lipinski definition) is 1. The Hall–Kier alpha value is -2.35. The van der Waals surface area contributed by atoms with Crippen molar-refractivity contribution >= 4 is 34.4 Å². The van der Waals surface area contributed by atoms with E-state index in [9.17, 15) is 4.79 Å². The molecule has 1 aliphatic heterocycles. The molecule has 4 rings (SSSR count). The second kappa shape index (κ2) is 8.12. The van der Waals surface area contributed by atoms with Crippen molar-refractivity contribution in [3.8, 4) is 0 Å². The number of piperazine rings is 1. The van der Waals surface area contributed by atoms with Gasteiger partial charge in [-0.3, -0.25) is 14.6 Å². The number of nitrogens with zero attached hydrogens (tertiary/aromatic N) is 4. The van der Waals surface area contributed by atoms with Crippen molar-refractivity contribution in [1.82, 2.24) is 18.5 Å². The highest BCUT2D eigenvalue weighted by Gasteiger charge is 2.19. The Morgan fingerprint density at radius 2 is 1.81 bits per heavy atom. The van der Waals surface area contributed by atoms with Gasteiger partial charge in [-0.15, -0.1) is 0 Å². The Morgan fingerprint density at radius 1 is 1.04 bits per heavy atom. The number of hydrogen-bond acceptors (Lipinski definition) is 6. The first-order chi connectivity index (χ1) is 13.2. The number of anilines is 1. The molecule has 3 aromatic rings. The highest BCUT2D eigenvalue weighted by Crippen LogP contribution is 2.17. The lowest BCUT2D eigenvalue weighted by Gasteiger charge is -2.34. The molecule has 1 fully saturated rings. The molecule has 0 aliphatic carbocycles. The summed E-state index contributed by atoms with van der Waals surface area (Å²) in [6.07, 6.45) is 0. The molecule has 2 aromatic carbocycles. The number of amides is 1. The van der Waals surface area contributed by atoms with E-state index in [4.69, 9.17) is 0 Å². The third kappa shape index (κ3) is 4.68. The van der Waals surface area contributed by atoms with Gasteiger partial charge < -0.3 is 5.32 Å². The van der Waals surface area contributed by atoms with E-state index in [2.05, 4.69) is 55.1 Å². The predicted octanol–water partition coefficient (Wildman–Crippen LogP) is 2.76. The average molecular weight is 382 g/mol. The average Bonchev–Trinajstić information content (AvgIpc) is 3.11. The van der Waals surface area contributed by atoms with Crippen LogP contribution < -0.4 is 5.32 Å². The number of aromatic nitrogens is 2. The van der Waals surface area contributed by atoms with Crippen LogP contribution in [0.25, 0.3) is 11.0 Å². The third-order valence-corrected chi connectivity index (χ3v) is 5.41. The zero-order valence-electron chi connectivity index (χ0n) is 15.4. The highest BCUT2D eigenvalue weighted by atomic mass is 32.1. The molecule has 0 atom stereocenters. The van der Waals surface area contributed by atoms with Crippen molar-refractivity contribution in [2.45, 2.75) is 13.5 Å². The topological polar surface area (TPSA) is 61.4 Å². The molecule has 1 aliphatic rings. The normalized spacial score (nSPS) is 15.9. The summed E-state index contributed by atoms with van der Waals surface area (Å²) in [5.74, 6) is 0.0182. The molecule has 1 N–H and O–H groups in total. The van der Waals surface area contributed by atoms with Crippen molar-refractivity contribution in [3.05, 3.63) is 53.6 Å². The van der Waals surface area contributed by atoms with Crippen LogP contribution in [0.3, 0.4) is 0 Å². The summed E-state index contributed by atoms with van der Waals surface area (Å²) in [6.45, 7) is 7.32. The monoisotopic (exact) mass is 381 g/mol. The molecular formula is C20H23N5OS. The maximum absolute atomic E-state index is 12.4. The van der Waals surface area contributed by atoms with Gasteiger partial charge in [0.1, 0.15) is 11.0 Å². The van der Waals surface area contributed by atoms with Crippen LogP contribution >= 0.6 is 11.7 Å². The molecule has 1 saturated heterocycles. The van der Waals surface area contributed by atoms with Crippen LogP contribution in [0.5, 0.6) is 0 Å². The van der Waals surface area contributed by atoms with E-state index in [0.717, 1.165) is 49.4 Å². The number of nitrogens with one attached hydrogen (secondary N) is 1. The molecule has 0 saturated carbocycles. The van der Waals surface area contributed by atoms with Crippen molar-refractivity contribution in [2.24, 2.45) is 0 Å². The van der Waals surface area contributed by atoms with Gasteiger partial charge in [0.05, 0.1) is 18.3 Å². The van der Waals surface area contributed by atoms with Gasteiger partial charge in [0, 0.05) is 38.4 Å². The van der Waals surface area contributed by atoms with Crippen molar-refractivity contribution < 1.29 is 4.79 Å². The Morgan fingerprint density at radius 3 is 2.63 bits per heavy atom. The van der Waals surface area contributed by atoms with Crippen LogP contribution in [-0.4, -0.2) is 57.2 Å². The molecule has 7 heteroatoms. The molecule has 27 heavy (non-hydrogen) atoms. The van der Waals surface area contributed by atoms with Gasteiger partial charge in [-0.2, -0.15) is 8.75 Å². The summed E-state index contributed by atoms with van der Waals surface area (Å²) >= 11 is 1.18. The first kappa shape index (κ1) is 18.0. The first-order valence-electron chi connectivity index (χ1n) is 9.18. The summed E-state index contributed by atoms with van der Waals surface area (Å²) in [7, 11) is 0. The van der Waals surface area contributed by atoms with Gasteiger partial charge in [-0.25, -0.2) is 0 Å². The van der Waals surface area contributed by atoms with Crippen LogP contribution in [0, 0.1) is 6.92 Å². The van der Waals surface area contributed by atoms with E-state index < -0.39 is 0 Å². The van der Waals surface area contributed by atoms with E-state index in [0.29, 0.717) is 6.54 Å². The lowest BCUT2D eigenvalue weighted by Crippen LogP contribution is -2.48. The Bertz CT molecular complexity index is 933. The summed E-state index contributed by atoms with van der Waals surface area (Å²) in [6, 6.07) is 14.3. The number of carbonyl (C=O) groups excluding carboxylic acids is 1. The fourth-order valence-electron chi connectivity index (χ4n) is 3.44. The Kier molecular flexibility index (Phi) is 5.42. The predicted molar refractivity (Wildman–Crippen MR) is 109 cm³/mol. The molecule has 0 bridgehead atoms. The van der Waals surface area contributed by atoms with Gasteiger partial charge in [-0.1, -0.05) is 29.8 Å². The van der Waals surface area contributed by atoms with E-state index in [1.165, 1.54) is 22.9 Å². The van der Waals surface area contributed by atoms with E-state index in [1.54, 1.807) is 0 Å². The molecule has 1 aromatic heterocycles. The molecular weight excluding hydrogens is 358 g/mol. The maximum atomic E-state index is 12.4. The van der Waals surface area contributed by atoms with E-state index >= 15 is 0 Å². The molecule has 1 amide bonds. The van der Waals surface area contributed by atoms with Crippen molar-refractivity contribution in [3.63, 3.8) is 0 Å². The third-order valence-electron chi connectivity index (χ3n) is 4.86. The van der Waals surface area contributed by atoms with Crippen LogP contribution in [0.2, 0.25) is 0 Å². The lowest BCUT2D eigenvalue weighted by atomic mass is 10.1. The number of rotatable bonds is 5. The Labute approximate surface area is 163 Å². The molecule has 0 spiro atoms. The number of fused-ring (bicyclic) bond motifs is 1. The second-order valence-electron chi connectivity index (χ2n) is 7.06. The molecule has 0 unspecified atom stereocenters. The molecule has 2 heterocycles. The minimum atomic E-state index is 0.0182. The van der Waals surface area contributed by atoms with Gasteiger partial charge >= 0.3 is 0 Å². The van der Waals surface area contributed by atoms with Crippen LogP contribution in [0.15, 0.2) is 42.5 Å². The lowest BCUT2D eigenvalue weighted by molar-refractivity contribution is -0.117. The standard InChI is InChI=1S/C20H23N5OS/c1-15-3-2-4-16(11-15)13-24-7-9-25(10-8-24)14-20(26)21-17-5-6-18-19(12-17)23-27-22-18/h2-6,11-12H,7-10,13-14H2,1H3,(H,21,26). The van der Waals surface area contributed by atoms with Crippen LogP contribution in [0.4, 0.5) is 5.69 Å². The maximum Gasteiger partial charge on any atom is 0.238 e. The summed E-state index contributed by atoms with van der Waals surface area (Å²) in [4.78, 5) is 17.0. The second-order valence-corrected chi connectivity index (χ2v) is 7.59. The highest BCUT2D eigenvalue weighted by molar-refractivity contribution is 7.00.